The predicted molar refractivity (Wildman–Crippen MR) is 157 cm³/mol. The summed E-state index contributed by atoms with van der Waals surface area (Å²) in [4.78, 5) is 0. The Bertz CT molecular complexity index is 488. The molecular formula is C30H62N2O7. The number of nitrogens with one attached hydrogen (secondary N) is 2. The summed E-state index contributed by atoms with van der Waals surface area (Å²) in [5.74, 6) is 0. The van der Waals surface area contributed by atoms with Crippen LogP contribution in [0.5, 0.6) is 0 Å². The smallest absolute Gasteiger partial charge is 0.112 e. The van der Waals surface area contributed by atoms with Crippen molar-refractivity contribution in [3.05, 3.63) is 0 Å². The summed E-state index contributed by atoms with van der Waals surface area (Å²) in [5, 5.41) is 6.90. The van der Waals surface area contributed by atoms with Crippen LogP contribution in [-0.2, 0) is 33.2 Å². The molecule has 0 aromatic rings. The fraction of sp³-hybridized carbons (Fsp3) is 1.00. The Morgan fingerprint density at radius 2 is 0.974 bits per heavy atom. The minimum atomic E-state index is -0.534. The minimum absolute atomic E-state index is 0.434. The van der Waals surface area contributed by atoms with Crippen molar-refractivity contribution in [2.75, 3.05) is 105 Å². The number of hydrogen-bond acceptors (Lipinski definition) is 9. The van der Waals surface area contributed by atoms with Gasteiger partial charge in [0.15, 0.2) is 0 Å². The predicted octanol–water partition coefficient (Wildman–Crippen LogP) is 3.97. The SMILES string of the molecule is CCCCCCNCCOCC1(C)COCCOCC(C)(COCCNCCCCCC)OCCOCCO1. The lowest BCUT2D eigenvalue weighted by Gasteiger charge is -2.30. The summed E-state index contributed by atoms with van der Waals surface area (Å²) in [6.45, 7) is 18.3. The van der Waals surface area contributed by atoms with Crippen LogP contribution in [-0.4, -0.2) is 117 Å². The van der Waals surface area contributed by atoms with Crippen molar-refractivity contribution in [2.45, 2.75) is 90.3 Å². The molecule has 234 valence electrons. The second-order valence-electron chi connectivity index (χ2n) is 11.0. The third kappa shape index (κ3) is 22.0. The van der Waals surface area contributed by atoms with E-state index in [1.54, 1.807) is 0 Å². The Labute approximate surface area is 239 Å². The summed E-state index contributed by atoms with van der Waals surface area (Å²) in [7, 11) is 0. The van der Waals surface area contributed by atoms with Gasteiger partial charge >= 0.3 is 0 Å². The molecule has 0 amide bonds. The summed E-state index contributed by atoms with van der Waals surface area (Å²) in [6.07, 6.45) is 10.2. The van der Waals surface area contributed by atoms with Crippen LogP contribution in [0.2, 0.25) is 0 Å². The molecular weight excluding hydrogens is 500 g/mol. The van der Waals surface area contributed by atoms with Crippen molar-refractivity contribution >= 4 is 0 Å². The molecule has 1 aliphatic rings. The Morgan fingerprint density at radius 1 is 0.538 bits per heavy atom. The van der Waals surface area contributed by atoms with Crippen molar-refractivity contribution < 1.29 is 33.2 Å². The molecule has 39 heavy (non-hydrogen) atoms. The van der Waals surface area contributed by atoms with Gasteiger partial charge in [0.25, 0.3) is 0 Å². The van der Waals surface area contributed by atoms with Gasteiger partial charge in [0.1, 0.15) is 11.2 Å². The first-order chi connectivity index (χ1) is 19.0. The third-order valence-corrected chi connectivity index (χ3v) is 6.62. The molecule has 1 fully saturated rings. The van der Waals surface area contributed by atoms with Gasteiger partial charge in [0.05, 0.1) is 79.3 Å². The largest absolute Gasteiger partial charge is 0.377 e. The fourth-order valence-electron chi connectivity index (χ4n) is 4.21. The molecule has 9 nitrogen and oxygen atoms in total. The van der Waals surface area contributed by atoms with E-state index in [9.17, 15) is 0 Å². The van der Waals surface area contributed by atoms with E-state index >= 15 is 0 Å². The maximum Gasteiger partial charge on any atom is 0.112 e. The summed E-state index contributed by atoms with van der Waals surface area (Å²) in [6, 6.07) is 0. The van der Waals surface area contributed by atoms with Crippen LogP contribution in [0.15, 0.2) is 0 Å². The van der Waals surface area contributed by atoms with Gasteiger partial charge in [-0.2, -0.15) is 0 Å². The monoisotopic (exact) mass is 562 g/mol. The molecule has 1 rings (SSSR count). The topological polar surface area (TPSA) is 88.7 Å². The summed E-state index contributed by atoms with van der Waals surface area (Å²) < 4.78 is 41.7. The molecule has 1 aliphatic heterocycles. The van der Waals surface area contributed by atoms with Crippen molar-refractivity contribution in [1.82, 2.24) is 10.6 Å². The quantitative estimate of drug-likeness (QED) is 0.214. The van der Waals surface area contributed by atoms with Gasteiger partial charge in [-0.25, -0.2) is 0 Å². The van der Waals surface area contributed by atoms with E-state index in [1.165, 1.54) is 51.4 Å². The maximum absolute atomic E-state index is 6.13. The Hall–Kier alpha value is -0.360. The highest BCUT2D eigenvalue weighted by Gasteiger charge is 2.28. The average molecular weight is 563 g/mol. The number of unbranched alkanes of at least 4 members (excludes halogenated alkanes) is 6. The lowest BCUT2D eigenvalue weighted by atomic mass is 10.1. The van der Waals surface area contributed by atoms with E-state index in [2.05, 4.69) is 24.5 Å². The lowest BCUT2D eigenvalue weighted by molar-refractivity contribution is -0.138. The molecule has 0 radical (unpaired) electrons. The van der Waals surface area contributed by atoms with E-state index in [-0.39, 0.29) is 0 Å². The van der Waals surface area contributed by atoms with E-state index in [1.807, 2.05) is 13.8 Å². The van der Waals surface area contributed by atoms with Crippen LogP contribution >= 0.6 is 0 Å². The zero-order chi connectivity index (χ0) is 28.3. The highest BCUT2D eigenvalue weighted by atomic mass is 16.6. The molecule has 1 saturated heterocycles. The average Bonchev–Trinajstić information content (AvgIpc) is 2.93. The van der Waals surface area contributed by atoms with Crippen molar-refractivity contribution in [1.29, 1.82) is 0 Å². The first kappa shape index (κ1) is 36.7. The van der Waals surface area contributed by atoms with Crippen LogP contribution < -0.4 is 10.6 Å². The molecule has 2 unspecified atom stereocenters. The van der Waals surface area contributed by atoms with Gasteiger partial charge in [-0.1, -0.05) is 52.4 Å². The van der Waals surface area contributed by atoms with Crippen molar-refractivity contribution in [3.63, 3.8) is 0 Å². The standard InChI is InChI=1S/C30H62N2O7/c1-5-7-9-11-13-31-15-17-34-25-29(3)27-36-19-20-37-28-30(4,39-24-22-33-21-23-38-29)26-35-18-16-32-14-12-10-8-6-2/h31-32H,5-28H2,1-4H3. The number of hydrogen-bond donors (Lipinski definition) is 2. The molecule has 2 N–H and O–H groups in total. The third-order valence-electron chi connectivity index (χ3n) is 6.62. The molecule has 0 aromatic carbocycles. The van der Waals surface area contributed by atoms with Gasteiger partial charge in [-0.05, 0) is 39.8 Å². The van der Waals surface area contributed by atoms with Gasteiger partial charge < -0.3 is 43.8 Å². The van der Waals surface area contributed by atoms with E-state index < -0.39 is 11.2 Å². The summed E-state index contributed by atoms with van der Waals surface area (Å²) in [5.41, 5.74) is -1.07. The second-order valence-corrected chi connectivity index (χ2v) is 11.0. The molecule has 0 aliphatic carbocycles. The zero-order valence-electron chi connectivity index (χ0n) is 25.8. The molecule has 2 atom stereocenters. The first-order valence-electron chi connectivity index (χ1n) is 15.6. The van der Waals surface area contributed by atoms with Crippen LogP contribution in [0.3, 0.4) is 0 Å². The van der Waals surface area contributed by atoms with Gasteiger partial charge in [0.2, 0.25) is 0 Å². The van der Waals surface area contributed by atoms with Crippen molar-refractivity contribution in [3.8, 4) is 0 Å². The number of ether oxygens (including phenoxy) is 7. The van der Waals surface area contributed by atoms with Crippen LogP contribution in [0, 0.1) is 0 Å². The highest BCUT2D eigenvalue weighted by Crippen LogP contribution is 2.15. The van der Waals surface area contributed by atoms with E-state index in [0.717, 1.165) is 26.2 Å². The molecule has 0 aromatic heterocycles. The van der Waals surface area contributed by atoms with Gasteiger partial charge in [0, 0.05) is 13.1 Å². The van der Waals surface area contributed by atoms with Crippen molar-refractivity contribution in [2.24, 2.45) is 0 Å². The van der Waals surface area contributed by atoms with Crippen LogP contribution in [0.1, 0.15) is 79.1 Å². The normalized spacial score (nSPS) is 24.3. The highest BCUT2D eigenvalue weighted by molar-refractivity contribution is 4.76. The Morgan fingerprint density at radius 3 is 1.41 bits per heavy atom. The first-order valence-corrected chi connectivity index (χ1v) is 15.6. The molecule has 0 saturated carbocycles. The van der Waals surface area contributed by atoms with E-state index in [4.69, 9.17) is 33.2 Å². The molecule has 9 heteroatoms. The minimum Gasteiger partial charge on any atom is -0.377 e. The number of rotatable bonds is 20. The van der Waals surface area contributed by atoms with Crippen LogP contribution in [0.4, 0.5) is 0 Å². The molecule has 0 bridgehead atoms. The molecule has 0 spiro atoms. The lowest BCUT2D eigenvalue weighted by Crippen LogP contribution is -2.42. The fourth-order valence-corrected chi connectivity index (χ4v) is 4.21. The second kappa shape index (κ2) is 25.4. The maximum atomic E-state index is 6.13. The molecule has 1 heterocycles. The van der Waals surface area contributed by atoms with Crippen LogP contribution in [0.25, 0.3) is 0 Å². The van der Waals surface area contributed by atoms with Gasteiger partial charge in [-0.3, -0.25) is 0 Å². The zero-order valence-corrected chi connectivity index (χ0v) is 25.8. The summed E-state index contributed by atoms with van der Waals surface area (Å²) >= 11 is 0. The van der Waals surface area contributed by atoms with E-state index in [0.29, 0.717) is 79.3 Å². The Balaban J connectivity index is 2.30. The van der Waals surface area contributed by atoms with Gasteiger partial charge in [-0.15, -0.1) is 0 Å². The Kier molecular flexibility index (Phi) is 23.8.